The highest BCUT2D eigenvalue weighted by Crippen LogP contribution is 2.04. The Morgan fingerprint density at radius 1 is 1.25 bits per heavy atom. The Labute approximate surface area is 144 Å². The van der Waals surface area contributed by atoms with Crippen molar-refractivity contribution >= 4 is 5.96 Å². The van der Waals surface area contributed by atoms with Crippen LogP contribution >= 0.6 is 0 Å². The van der Waals surface area contributed by atoms with Gasteiger partial charge in [0.15, 0.2) is 5.96 Å². The van der Waals surface area contributed by atoms with E-state index in [1.54, 1.807) is 0 Å². The number of pyridine rings is 1. The molecule has 2 rings (SSSR count). The van der Waals surface area contributed by atoms with Crippen LogP contribution in [0.4, 0.5) is 0 Å². The number of nitrogens with one attached hydrogen (secondary N) is 2. The molecule has 0 saturated heterocycles. The Kier molecular flexibility index (Phi) is 6.78. The van der Waals surface area contributed by atoms with Crippen LogP contribution < -0.4 is 10.6 Å². The third kappa shape index (κ3) is 5.37. The second kappa shape index (κ2) is 9.05. The molecule has 2 aromatic rings. The first-order chi connectivity index (χ1) is 11.6. The highest BCUT2D eigenvalue weighted by molar-refractivity contribution is 5.79. The van der Waals surface area contributed by atoms with Crippen LogP contribution in [-0.4, -0.2) is 33.8 Å². The lowest BCUT2D eigenvalue weighted by molar-refractivity contribution is 0.555. The number of guanidine groups is 1. The summed E-state index contributed by atoms with van der Waals surface area (Å²) < 4.78 is 2.05. The zero-order valence-corrected chi connectivity index (χ0v) is 15.1. The van der Waals surface area contributed by atoms with E-state index in [2.05, 4.69) is 63.3 Å². The van der Waals surface area contributed by atoms with Gasteiger partial charge in [-0.15, -0.1) is 0 Å². The van der Waals surface area contributed by atoms with Crippen LogP contribution in [0.25, 0.3) is 0 Å². The van der Waals surface area contributed by atoms with Crippen LogP contribution in [0.1, 0.15) is 36.0 Å². The molecule has 0 amide bonds. The molecule has 0 aliphatic heterocycles. The molecule has 0 aromatic carbocycles. The monoisotopic (exact) mass is 328 g/mol. The van der Waals surface area contributed by atoms with Crippen LogP contribution in [-0.2, 0) is 13.1 Å². The van der Waals surface area contributed by atoms with Gasteiger partial charge in [-0.3, -0.25) is 9.67 Å². The molecule has 6 heteroatoms. The fourth-order valence-electron chi connectivity index (χ4n) is 2.52. The largest absolute Gasteiger partial charge is 0.357 e. The normalized spacial score (nSPS) is 11.6. The van der Waals surface area contributed by atoms with Gasteiger partial charge in [0, 0.05) is 31.5 Å². The minimum atomic E-state index is 0.583. The number of nitrogens with zero attached hydrogens (tertiary/aromatic N) is 4. The molecule has 24 heavy (non-hydrogen) atoms. The summed E-state index contributed by atoms with van der Waals surface area (Å²) in [5, 5.41) is 11.1. The lowest BCUT2D eigenvalue weighted by Gasteiger charge is -2.12. The topological polar surface area (TPSA) is 67.1 Å². The molecule has 0 atom stereocenters. The second-order valence-corrected chi connectivity index (χ2v) is 5.89. The maximum absolute atomic E-state index is 4.62. The van der Waals surface area contributed by atoms with E-state index in [4.69, 9.17) is 0 Å². The van der Waals surface area contributed by atoms with Crippen molar-refractivity contribution in [3.05, 3.63) is 47.0 Å². The van der Waals surface area contributed by atoms with Gasteiger partial charge in [-0.05, 0) is 51.8 Å². The number of hydrogen-bond acceptors (Lipinski definition) is 3. The van der Waals surface area contributed by atoms with E-state index in [0.717, 1.165) is 43.4 Å². The van der Waals surface area contributed by atoms with Crippen molar-refractivity contribution in [1.82, 2.24) is 25.4 Å². The predicted molar refractivity (Wildman–Crippen MR) is 98.1 cm³/mol. The van der Waals surface area contributed by atoms with E-state index in [9.17, 15) is 0 Å². The predicted octanol–water partition coefficient (Wildman–Crippen LogP) is 2.35. The Morgan fingerprint density at radius 2 is 2.08 bits per heavy atom. The van der Waals surface area contributed by atoms with E-state index in [-0.39, 0.29) is 0 Å². The summed E-state index contributed by atoms with van der Waals surface area (Å²) in [6.45, 7) is 11.4. The average molecular weight is 328 g/mol. The van der Waals surface area contributed by atoms with Crippen LogP contribution in [0.2, 0.25) is 0 Å². The lowest BCUT2D eigenvalue weighted by Crippen LogP contribution is -2.38. The summed E-state index contributed by atoms with van der Waals surface area (Å²) in [4.78, 5) is 9.00. The van der Waals surface area contributed by atoms with E-state index in [1.807, 2.05) is 19.2 Å². The van der Waals surface area contributed by atoms with Crippen molar-refractivity contribution in [3.8, 4) is 0 Å². The van der Waals surface area contributed by atoms with Gasteiger partial charge >= 0.3 is 0 Å². The molecule has 2 aromatic heterocycles. The van der Waals surface area contributed by atoms with Crippen molar-refractivity contribution in [2.45, 2.75) is 47.2 Å². The smallest absolute Gasteiger partial charge is 0.191 e. The number of aromatic nitrogens is 3. The summed E-state index contributed by atoms with van der Waals surface area (Å²) >= 11 is 0. The molecule has 0 bridgehead atoms. The SMILES string of the molecule is CCNC(=NCc1ncccc1C)NCCCn1nc(C)cc1C. The molecule has 130 valence electrons. The number of rotatable bonds is 7. The van der Waals surface area contributed by atoms with E-state index < -0.39 is 0 Å². The number of hydrogen-bond donors (Lipinski definition) is 2. The van der Waals surface area contributed by atoms with Crippen molar-refractivity contribution in [1.29, 1.82) is 0 Å². The number of aliphatic imine (C=N–C) groups is 1. The molecule has 0 aliphatic carbocycles. The Bertz CT molecular complexity index is 674. The van der Waals surface area contributed by atoms with Crippen molar-refractivity contribution in [2.75, 3.05) is 13.1 Å². The summed E-state index contributed by atoms with van der Waals surface area (Å²) in [5.41, 5.74) is 4.46. The molecule has 6 nitrogen and oxygen atoms in total. The maximum atomic E-state index is 4.62. The van der Waals surface area contributed by atoms with E-state index in [0.29, 0.717) is 6.54 Å². The molecule has 2 heterocycles. The summed E-state index contributed by atoms with van der Waals surface area (Å²) in [6, 6.07) is 6.12. The third-order valence-corrected chi connectivity index (χ3v) is 3.79. The van der Waals surface area contributed by atoms with Crippen LogP contribution in [0.15, 0.2) is 29.4 Å². The van der Waals surface area contributed by atoms with Crippen LogP contribution in [0, 0.1) is 20.8 Å². The Morgan fingerprint density at radius 3 is 2.75 bits per heavy atom. The first kappa shape index (κ1) is 18.0. The van der Waals surface area contributed by atoms with Gasteiger partial charge in [0.2, 0.25) is 0 Å². The molecule has 0 saturated carbocycles. The minimum Gasteiger partial charge on any atom is -0.357 e. The van der Waals surface area contributed by atoms with Crippen LogP contribution in [0.3, 0.4) is 0 Å². The molecular formula is C18H28N6. The van der Waals surface area contributed by atoms with Gasteiger partial charge in [0.1, 0.15) is 0 Å². The Hall–Kier alpha value is -2.37. The third-order valence-electron chi connectivity index (χ3n) is 3.79. The zero-order valence-electron chi connectivity index (χ0n) is 15.1. The fourth-order valence-corrected chi connectivity index (χ4v) is 2.52. The van der Waals surface area contributed by atoms with Crippen molar-refractivity contribution in [3.63, 3.8) is 0 Å². The molecule has 0 fully saturated rings. The average Bonchev–Trinajstić information content (AvgIpc) is 2.88. The molecule has 0 radical (unpaired) electrons. The molecule has 0 unspecified atom stereocenters. The molecule has 0 spiro atoms. The maximum Gasteiger partial charge on any atom is 0.191 e. The zero-order chi connectivity index (χ0) is 17.4. The molecule has 2 N–H and O–H groups in total. The molecular weight excluding hydrogens is 300 g/mol. The van der Waals surface area contributed by atoms with Gasteiger partial charge in [0.05, 0.1) is 17.9 Å². The fraction of sp³-hybridized carbons (Fsp3) is 0.500. The highest BCUT2D eigenvalue weighted by atomic mass is 15.3. The van der Waals surface area contributed by atoms with Gasteiger partial charge < -0.3 is 10.6 Å². The van der Waals surface area contributed by atoms with Gasteiger partial charge in [-0.1, -0.05) is 6.07 Å². The summed E-state index contributed by atoms with van der Waals surface area (Å²) in [7, 11) is 0. The van der Waals surface area contributed by atoms with E-state index >= 15 is 0 Å². The quantitative estimate of drug-likeness (QED) is 0.465. The molecule has 0 aliphatic rings. The lowest BCUT2D eigenvalue weighted by atomic mass is 10.2. The van der Waals surface area contributed by atoms with Crippen molar-refractivity contribution in [2.24, 2.45) is 4.99 Å². The standard InChI is InChI=1S/C18H28N6/c1-5-19-18(22-13-17-14(2)8-6-9-20-17)21-10-7-11-24-16(4)12-15(3)23-24/h6,8-9,12H,5,7,10-11,13H2,1-4H3,(H2,19,21,22). The van der Waals surface area contributed by atoms with Crippen LogP contribution in [0.5, 0.6) is 0 Å². The van der Waals surface area contributed by atoms with Gasteiger partial charge in [-0.25, -0.2) is 4.99 Å². The van der Waals surface area contributed by atoms with Gasteiger partial charge in [-0.2, -0.15) is 5.10 Å². The first-order valence-electron chi connectivity index (χ1n) is 8.54. The summed E-state index contributed by atoms with van der Waals surface area (Å²) in [5.74, 6) is 0.830. The first-order valence-corrected chi connectivity index (χ1v) is 8.54. The van der Waals surface area contributed by atoms with Crippen molar-refractivity contribution < 1.29 is 0 Å². The van der Waals surface area contributed by atoms with E-state index in [1.165, 1.54) is 11.3 Å². The Balaban J connectivity index is 1.83. The minimum absolute atomic E-state index is 0.583. The highest BCUT2D eigenvalue weighted by Gasteiger charge is 2.02. The number of aryl methyl sites for hydroxylation is 4. The second-order valence-electron chi connectivity index (χ2n) is 5.89. The summed E-state index contributed by atoms with van der Waals surface area (Å²) in [6.07, 6.45) is 2.81. The van der Waals surface area contributed by atoms with Gasteiger partial charge in [0.25, 0.3) is 0 Å².